The van der Waals surface area contributed by atoms with Gasteiger partial charge in [-0.3, -0.25) is 0 Å². The van der Waals surface area contributed by atoms with Gasteiger partial charge in [-0.25, -0.2) is 14.8 Å². The number of rotatable bonds is 10. The molecular formula is C24H25N7O2S. The molecule has 0 unspecified atom stereocenters. The molecule has 0 saturated carbocycles. The maximum atomic E-state index is 12.4. The van der Waals surface area contributed by atoms with E-state index in [1.54, 1.807) is 18.7 Å². The Kier molecular flexibility index (Phi) is 7.82. The lowest BCUT2D eigenvalue weighted by Crippen LogP contribution is -2.12. The number of hydrogen-bond acceptors (Lipinski definition) is 9. The van der Waals surface area contributed by atoms with Crippen molar-refractivity contribution in [3.05, 3.63) is 65.9 Å². The summed E-state index contributed by atoms with van der Waals surface area (Å²) in [6, 6.07) is 16.1. The molecule has 0 fully saturated rings. The average Bonchev–Trinajstić information content (AvgIpc) is 3.42. The van der Waals surface area contributed by atoms with E-state index in [-0.39, 0.29) is 6.61 Å². The van der Waals surface area contributed by atoms with Crippen LogP contribution >= 0.6 is 11.8 Å². The van der Waals surface area contributed by atoms with E-state index in [9.17, 15) is 4.79 Å². The van der Waals surface area contributed by atoms with E-state index in [1.807, 2.05) is 48.5 Å². The summed E-state index contributed by atoms with van der Waals surface area (Å²) < 4.78 is 5.17. The van der Waals surface area contributed by atoms with Gasteiger partial charge in [0.1, 0.15) is 11.4 Å². The fraction of sp³-hybridized carbons (Fsp3) is 0.250. The third-order valence-corrected chi connectivity index (χ3v) is 6.00. The van der Waals surface area contributed by atoms with Crippen molar-refractivity contribution in [1.29, 1.82) is 0 Å². The lowest BCUT2D eigenvalue weighted by atomic mass is 9.98. The Morgan fingerprint density at radius 3 is 2.59 bits per heavy atom. The number of tetrazole rings is 1. The van der Waals surface area contributed by atoms with Crippen LogP contribution in [0, 0.1) is 0 Å². The third kappa shape index (κ3) is 5.57. The van der Waals surface area contributed by atoms with E-state index in [0.717, 1.165) is 34.4 Å². The number of ether oxygens (including phenoxy) is 1. The van der Waals surface area contributed by atoms with Crippen LogP contribution in [0.15, 0.2) is 59.9 Å². The Balaban J connectivity index is 1.52. The molecular weight excluding hydrogens is 450 g/mol. The zero-order valence-electron chi connectivity index (χ0n) is 19.0. The van der Waals surface area contributed by atoms with Gasteiger partial charge in [0, 0.05) is 24.1 Å². The molecule has 2 aromatic carbocycles. The molecule has 0 saturated heterocycles. The molecule has 0 radical (unpaired) electrons. The number of H-pyrrole nitrogens is 1. The molecule has 0 amide bonds. The summed E-state index contributed by atoms with van der Waals surface area (Å²) in [4.78, 5) is 21.2. The molecule has 2 heterocycles. The van der Waals surface area contributed by atoms with Crippen LogP contribution in [-0.4, -0.2) is 48.9 Å². The summed E-state index contributed by atoms with van der Waals surface area (Å²) in [7, 11) is 0. The molecule has 2 aromatic heterocycles. The lowest BCUT2D eigenvalue weighted by Gasteiger charge is -2.12. The van der Waals surface area contributed by atoms with Crippen LogP contribution in [0.1, 0.15) is 36.2 Å². The third-order valence-electron chi connectivity index (χ3n) is 4.94. The van der Waals surface area contributed by atoms with Gasteiger partial charge in [0.2, 0.25) is 5.82 Å². The molecule has 2 N–H and O–H groups in total. The second kappa shape index (κ2) is 11.4. The summed E-state index contributed by atoms with van der Waals surface area (Å²) >= 11 is 1.56. The molecule has 10 heteroatoms. The fourth-order valence-corrected chi connectivity index (χ4v) is 3.98. The van der Waals surface area contributed by atoms with Crippen LogP contribution in [0.25, 0.3) is 22.5 Å². The minimum absolute atomic E-state index is 0.289. The predicted molar refractivity (Wildman–Crippen MR) is 131 cm³/mol. The van der Waals surface area contributed by atoms with Crippen molar-refractivity contribution in [1.82, 2.24) is 30.6 Å². The van der Waals surface area contributed by atoms with Gasteiger partial charge in [0.25, 0.3) is 0 Å². The number of thioether (sulfide) groups is 1. The average molecular weight is 476 g/mol. The number of carbonyl (C=O) groups is 1. The number of carbonyl (C=O) groups excluding carboxylic acids is 1. The molecule has 34 heavy (non-hydrogen) atoms. The van der Waals surface area contributed by atoms with Gasteiger partial charge in [-0.1, -0.05) is 67.2 Å². The van der Waals surface area contributed by atoms with E-state index in [1.165, 1.54) is 6.20 Å². The number of hydrogen-bond donors (Lipinski definition) is 2. The summed E-state index contributed by atoms with van der Waals surface area (Å²) in [6.07, 6.45) is 2.54. The summed E-state index contributed by atoms with van der Waals surface area (Å²) in [6.45, 7) is 4.66. The molecule has 4 aromatic rings. The van der Waals surface area contributed by atoms with Crippen molar-refractivity contribution < 1.29 is 9.53 Å². The number of benzene rings is 2. The first-order valence-corrected chi connectivity index (χ1v) is 12.0. The number of nitrogens with one attached hydrogen (secondary N) is 2. The second-order valence-electron chi connectivity index (χ2n) is 7.32. The number of nitrogens with zero attached hydrogens (tertiary/aromatic N) is 5. The SMILES string of the molecule is CCCSc1ncc(C(=O)OCC)c(NCc2ccc(-c3ccccc3-c3nn[nH]n3)cc2)n1. The molecule has 0 spiro atoms. The van der Waals surface area contributed by atoms with Crippen LogP contribution in [0.3, 0.4) is 0 Å². The normalized spacial score (nSPS) is 10.8. The minimum atomic E-state index is -0.439. The first kappa shape index (κ1) is 23.4. The van der Waals surface area contributed by atoms with E-state index in [2.05, 4.69) is 42.8 Å². The Labute approximate surface area is 201 Å². The minimum Gasteiger partial charge on any atom is -0.462 e. The Morgan fingerprint density at radius 2 is 1.88 bits per heavy atom. The predicted octanol–water partition coefficient (Wildman–Crippen LogP) is 4.61. The molecule has 4 rings (SSSR count). The first-order valence-electron chi connectivity index (χ1n) is 11.0. The van der Waals surface area contributed by atoms with Gasteiger partial charge < -0.3 is 10.1 Å². The fourth-order valence-electron chi connectivity index (χ4n) is 3.32. The highest BCUT2D eigenvalue weighted by Crippen LogP contribution is 2.30. The Morgan fingerprint density at radius 1 is 1.09 bits per heavy atom. The summed E-state index contributed by atoms with van der Waals surface area (Å²) in [5.41, 5.74) is 4.32. The lowest BCUT2D eigenvalue weighted by molar-refractivity contribution is 0.0526. The van der Waals surface area contributed by atoms with E-state index in [0.29, 0.717) is 28.9 Å². The molecule has 0 atom stereocenters. The highest BCUT2D eigenvalue weighted by atomic mass is 32.2. The van der Waals surface area contributed by atoms with Crippen molar-refractivity contribution in [2.24, 2.45) is 0 Å². The van der Waals surface area contributed by atoms with Gasteiger partial charge >= 0.3 is 5.97 Å². The van der Waals surface area contributed by atoms with E-state index >= 15 is 0 Å². The monoisotopic (exact) mass is 475 g/mol. The molecule has 0 aliphatic carbocycles. The zero-order chi connectivity index (χ0) is 23.8. The van der Waals surface area contributed by atoms with Crippen molar-refractivity contribution >= 4 is 23.5 Å². The molecule has 0 bridgehead atoms. The number of aromatic nitrogens is 6. The van der Waals surface area contributed by atoms with E-state index < -0.39 is 5.97 Å². The largest absolute Gasteiger partial charge is 0.462 e. The molecule has 9 nitrogen and oxygen atoms in total. The Hall–Kier alpha value is -3.79. The number of anilines is 1. The van der Waals surface area contributed by atoms with Crippen LogP contribution in [0.5, 0.6) is 0 Å². The van der Waals surface area contributed by atoms with Crippen molar-refractivity contribution in [2.75, 3.05) is 17.7 Å². The molecule has 0 aliphatic heterocycles. The second-order valence-corrected chi connectivity index (χ2v) is 8.38. The summed E-state index contributed by atoms with van der Waals surface area (Å²) in [5, 5.41) is 18.3. The van der Waals surface area contributed by atoms with Gasteiger partial charge in [-0.05, 0) is 35.2 Å². The zero-order valence-corrected chi connectivity index (χ0v) is 19.8. The van der Waals surface area contributed by atoms with Gasteiger partial charge in [-0.15, -0.1) is 10.2 Å². The van der Waals surface area contributed by atoms with Crippen LogP contribution in [0.4, 0.5) is 5.82 Å². The number of aromatic amines is 1. The quantitative estimate of drug-likeness (QED) is 0.192. The van der Waals surface area contributed by atoms with Crippen LogP contribution in [0.2, 0.25) is 0 Å². The number of esters is 1. The van der Waals surface area contributed by atoms with Crippen molar-refractivity contribution in [3.8, 4) is 22.5 Å². The topological polar surface area (TPSA) is 119 Å². The first-order chi connectivity index (χ1) is 16.7. The molecule has 174 valence electrons. The standard InChI is InChI=1S/C24H25N7O2S/c1-3-13-34-24-26-15-20(23(32)33-4-2)21(27-24)25-14-16-9-11-17(12-10-16)18-7-5-6-8-19(18)22-28-30-31-29-22/h5-12,15H,3-4,13-14H2,1-2H3,(H,25,26,27)(H,28,29,30,31). The van der Waals surface area contributed by atoms with Gasteiger partial charge in [-0.2, -0.15) is 5.21 Å². The Bertz CT molecular complexity index is 1230. The highest BCUT2D eigenvalue weighted by Gasteiger charge is 2.16. The smallest absolute Gasteiger partial charge is 0.343 e. The highest BCUT2D eigenvalue weighted by molar-refractivity contribution is 7.99. The van der Waals surface area contributed by atoms with Crippen molar-refractivity contribution in [3.63, 3.8) is 0 Å². The van der Waals surface area contributed by atoms with Crippen LogP contribution < -0.4 is 5.32 Å². The maximum absolute atomic E-state index is 12.4. The molecule has 0 aliphatic rings. The van der Waals surface area contributed by atoms with Gasteiger partial charge in [0.05, 0.1) is 6.61 Å². The maximum Gasteiger partial charge on any atom is 0.343 e. The van der Waals surface area contributed by atoms with E-state index in [4.69, 9.17) is 4.74 Å². The summed E-state index contributed by atoms with van der Waals surface area (Å²) in [5.74, 6) is 1.49. The van der Waals surface area contributed by atoms with Gasteiger partial charge in [0.15, 0.2) is 5.16 Å². The van der Waals surface area contributed by atoms with Crippen LogP contribution in [-0.2, 0) is 11.3 Å². The van der Waals surface area contributed by atoms with Crippen molar-refractivity contribution in [2.45, 2.75) is 32.0 Å².